The number of furan rings is 1. The molecule has 1 heterocycles. The summed E-state index contributed by atoms with van der Waals surface area (Å²) in [6.07, 6.45) is 1.59. The number of hydrogen-bond donors (Lipinski definition) is 1. The molecule has 0 aliphatic carbocycles. The van der Waals surface area contributed by atoms with Crippen molar-refractivity contribution in [2.75, 3.05) is 18.4 Å². The highest BCUT2D eigenvalue weighted by molar-refractivity contribution is 9.10. The molecule has 0 saturated heterocycles. The van der Waals surface area contributed by atoms with E-state index >= 15 is 0 Å². The predicted molar refractivity (Wildman–Crippen MR) is 129 cm³/mol. The Morgan fingerprint density at radius 2 is 1.75 bits per heavy atom. The number of anilines is 1. The second-order valence-electron chi connectivity index (χ2n) is 8.03. The number of rotatable bonds is 9. The second-order valence-corrected chi connectivity index (χ2v) is 8.95. The van der Waals surface area contributed by atoms with Crippen LogP contribution < -0.4 is 5.32 Å². The molecule has 1 N–H and O–H groups in total. The van der Waals surface area contributed by atoms with Gasteiger partial charge in [-0.25, -0.2) is 4.79 Å². The molecule has 0 fully saturated rings. The van der Waals surface area contributed by atoms with Crippen LogP contribution in [0.5, 0.6) is 0 Å². The van der Waals surface area contributed by atoms with Crippen LogP contribution in [0.3, 0.4) is 0 Å². The van der Waals surface area contributed by atoms with Gasteiger partial charge in [-0.05, 0) is 41.8 Å². The summed E-state index contributed by atoms with van der Waals surface area (Å²) in [4.78, 5) is 29.6. The lowest BCUT2D eigenvalue weighted by Gasteiger charge is -2.28. The molecular weight excluding hydrogens is 470 g/mol. The van der Waals surface area contributed by atoms with Gasteiger partial charge < -0.3 is 19.5 Å². The Bertz CT molecular complexity index is 1010. The summed E-state index contributed by atoms with van der Waals surface area (Å²) in [5.74, 6) is 0.766. The van der Waals surface area contributed by atoms with Gasteiger partial charge in [-0.2, -0.15) is 0 Å². The highest BCUT2D eigenvalue weighted by Gasteiger charge is 2.23. The molecule has 3 aromatic rings. The number of halogens is 1. The summed E-state index contributed by atoms with van der Waals surface area (Å²) >= 11 is 3.41. The molecule has 0 unspecified atom stereocenters. The van der Waals surface area contributed by atoms with Crippen LogP contribution in [0.4, 0.5) is 10.5 Å². The van der Waals surface area contributed by atoms with E-state index in [1.165, 1.54) is 0 Å². The number of urea groups is 1. The molecule has 0 atom stereocenters. The quantitative estimate of drug-likeness (QED) is 0.408. The lowest BCUT2D eigenvalue weighted by atomic mass is 10.2. The first kappa shape index (κ1) is 23.6. The molecule has 7 heteroatoms. The molecule has 3 rings (SSSR count). The largest absolute Gasteiger partial charge is 0.467 e. The zero-order valence-corrected chi connectivity index (χ0v) is 19.9. The van der Waals surface area contributed by atoms with Gasteiger partial charge in [0.25, 0.3) is 0 Å². The van der Waals surface area contributed by atoms with Gasteiger partial charge in [0.15, 0.2) is 0 Å². The minimum Gasteiger partial charge on any atom is -0.467 e. The summed E-state index contributed by atoms with van der Waals surface area (Å²) in [6, 6.07) is 20.5. The van der Waals surface area contributed by atoms with Crippen LogP contribution in [0, 0.1) is 5.92 Å². The number of nitrogens with one attached hydrogen (secondary N) is 1. The lowest BCUT2D eigenvalue weighted by molar-refractivity contribution is -0.133. The lowest BCUT2D eigenvalue weighted by Crippen LogP contribution is -2.45. The third-order valence-electron chi connectivity index (χ3n) is 4.77. The van der Waals surface area contributed by atoms with Gasteiger partial charge in [0.1, 0.15) is 12.3 Å². The molecule has 0 radical (unpaired) electrons. The highest BCUT2D eigenvalue weighted by atomic mass is 79.9. The van der Waals surface area contributed by atoms with Crippen molar-refractivity contribution in [3.05, 3.63) is 88.8 Å². The first-order chi connectivity index (χ1) is 15.4. The number of nitrogens with zero attached hydrogens (tertiary/aromatic N) is 2. The Hall–Kier alpha value is -3.06. The Morgan fingerprint density at radius 1 is 0.969 bits per heavy atom. The minimum absolute atomic E-state index is 0.0223. The van der Waals surface area contributed by atoms with E-state index in [0.29, 0.717) is 31.1 Å². The molecule has 6 nitrogen and oxygen atoms in total. The van der Waals surface area contributed by atoms with Crippen molar-refractivity contribution in [3.8, 4) is 0 Å². The zero-order valence-electron chi connectivity index (χ0n) is 18.3. The predicted octanol–water partition coefficient (Wildman–Crippen LogP) is 5.76. The monoisotopic (exact) mass is 497 g/mol. The van der Waals surface area contributed by atoms with Crippen LogP contribution >= 0.6 is 15.9 Å². The summed E-state index contributed by atoms with van der Waals surface area (Å²) in [5.41, 5.74) is 1.68. The molecule has 0 aliphatic rings. The molecule has 2 aromatic carbocycles. The van der Waals surface area contributed by atoms with Crippen molar-refractivity contribution >= 4 is 33.6 Å². The Morgan fingerprint density at radius 3 is 2.41 bits per heavy atom. The molecule has 0 aliphatic heterocycles. The maximum atomic E-state index is 13.3. The maximum Gasteiger partial charge on any atom is 0.322 e. The summed E-state index contributed by atoms with van der Waals surface area (Å²) in [6.45, 7) is 5.26. The first-order valence-corrected chi connectivity index (χ1v) is 11.4. The van der Waals surface area contributed by atoms with E-state index in [4.69, 9.17) is 4.42 Å². The molecule has 3 amide bonds. The van der Waals surface area contributed by atoms with Gasteiger partial charge in [-0.1, -0.05) is 66.2 Å². The van der Waals surface area contributed by atoms with Crippen molar-refractivity contribution < 1.29 is 14.0 Å². The topological polar surface area (TPSA) is 65.8 Å². The summed E-state index contributed by atoms with van der Waals surface area (Å²) in [5, 5.41) is 2.90. The van der Waals surface area contributed by atoms with E-state index in [0.717, 1.165) is 10.0 Å². The van der Waals surface area contributed by atoms with E-state index in [9.17, 15) is 9.59 Å². The average Bonchev–Trinajstić information content (AvgIpc) is 3.26. The minimum atomic E-state index is -0.303. The number of benzene rings is 2. The Labute approximate surface area is 197 Å². The fraction of sp³-hybridized carbons (Fsp3) is 0.280. The van der Waals surface area contributed by atoms with E-state index < -0.39 is 0 Å². The SMILES string of the molecule is CC(C)CN(CC(=O)N(Cc1ccccc1)Cc1ccco1)C(=O)Nc1cccc(Br)c1. The Balaban J connectivity index is 1.75. The highest BCUT2D eigenvalue weighted by Crippen LogP contribution is 2.17. The van der Waals surface area contributed by atoms with Crippen LogP contribution in [0.25, 0.3) is 0 Å². The average molecular weight is 498 g/mol. The van der Waals surface area contributed by atoms with Crippen LogP contribution in [0.1, 0.15) is 25.2 Å². The van der Waals surface area contributed by atoms with E-state index in [2.05, 4.69) is 21.2 Å². The third kappa shape index (κ3) is 7.27. The van der Waals surface area contributed by atoms with Crippen molar-refractivity contribution in [2.45, 2.75) is 26.9 Å². The fourth-order valence-corrected chi connectivity index (χ4v) is 3.72. The van der Waals surface area contributed by atoms with Gasteiger partial charge in [0.2, 0.25) is 5.91 Å². The van der Waals surface area contributed by atoms with E-state index in [1.807, 2.05) is 74.5 Å². The molecule has 0 spiro atoms. The Kier molecular flexibility index (Phi) is 8.50. The molecule has 1 aromatic heterocycles. The molecule has 168 valence electrons. The normalized spacial score (nSPS) is 10.8. The van der Waals surface area contributed by atoms with Crippen molar-refractivity contribution in [1.29, 1.82) is 0 Å². The van der Waals surface area contributed by atoms with E-state index in [1.54, 1.807) is 22.1 Å². The molecule has 32 heavy (non-hydrogen) atoms. The molecular formula is C25H28BrN3O3. The van der Waals surface area contributed by atoms with Gasteiger partial charge in [0.05, 0.1) is 12.8 Å². The van der Waals surface area contributed by atoms with Crippen LogP contribution in [0.2, 0.25) is 0 Å². The van der Waals surface area contributed by atoms with E-state index in [-0.39, 0.29) is 24.4 Å². The standard InChI is InChI=1S/C25H28BrN3O3/c1-19(2)15-29(25(31)27-22-11-6-10-21(26)14-22)18-24(30)28(17-23-12-7-13-32-23)16-20-8-4-3-5-9-20/h3-14,19H,15-18H2,1-2H3,(H,27,31). The van der Waals surface area contributed by atoms with Crippen molar-refractivity contribution in [2.24, 2.45) is 5.92 Å². The fourth-order valence-electron chi connectivity index (χ4n) is 3.32. The van der Waals surface area contributed by atoms with Gasteiger partial charge in [-0.15, -0.1) is 0 Å². The third-order valence-corrected chi connectivity index (χ3v) is 5.26. The maximum absolute atomic E-state index is 13.3. The van der Waals surface area contributed by atoms with Crippen LogP contribution in [0.15, 0.2) is 81.9 Å². The number of carbonyl (C=O) groups excluding carboxylic acids is 2. The summed E-state index contributed by atoms with van der Waals surface area (Å²) in [7, 11) is 0. The zero-order chi connectivity index (χ0) is 22.9. The molecule has 0 bridgehead atoms. The molecule has 0 saturated carbocycles. The van der Waals surface area contributed by atoms with Crippen LogP contribution in [-0.2, 0) is 17.9 Å². The van der Waals surface area contributed by atoms with Crippen molar-refractivity contribution in [1.82, 2.24) is 9.80 Å². The summed E-state index contributed by atoms with van der Waals surface area (Å²) < 4.78 is 6.34. The number of hydrogen-bond acceptors (Lipinski definition) is 3. The van der Waals surface area contributed by atoms with Gasteiger partial charge in [-0.3, -0.25) is 4.79 Å². The number of amides is 3. The van der Waals surface area contributed by atoms with Gasteiger partial charge in [0, 0.05) is 23.2 Å². The second kappa shape index (κ2) is 11.5. The van der Waals surface area contributed by atoms with Gasteiger partial charge >= 0.3 is 6.03 Å². The number of carbonyl (C=O) groups is 2. The van der Waals surface area contributed by atoms with Crippen molar-refractivity contribution in [3.63, 3.8) is 0 Å². The smallest absolute Gasteiger partial charge is 0.322 e. The van der Waals surface area contributed by atoms with Crippen LogP contribution in [-0.4, -0.2) is 34.8 Å². The first-order valence-electron chi connectivity index (χ1n) is 10.6.